The summed E-state index contributed by atoms with van der Waals surface area (Å²) in [5.41, 5.74) is 2.16. The molecule has 2 aromatic carbocycles. The number of hydrogen-bond donors (Lipinski definition) is 0. The second kappa shape index (κ2) is 4.38. The molecule has 3 aliphatic carbocycles. The molecule has 1 saturated heterocycles. The average molecular weight is 358 g/mol. The first kappa shape index (κ1) is 15.3. The fourth-order valence-electron chi connectivity index (χ4n) is 6.76. The summed E-state index contributed by atoms with van der Waals surface area (Å²) in [6, 6.07) is 12.3. The lowest BCUT2D eigenvalue weighted by Gasteiger charge is -2.34. The molecule has 1 saturated carbocycles. The highest BCUT2D eigenvalue weighted by Gasteiger charge is 2.81. The van der Waals surface area contributed by atoms with Crippen LogP contribution >= 0.6 is 0 Å². The fraction of sp³-hybridized carbons (Fsp3) is 0.348. The Balaban J connectivity index is 1.81. The molecule has 0 amide bonds. The third kappa shape index (κ3) is 1.26. The number of Topliss-reactive ketones (excluding diaryl/α,β-unsaturated/α-hetero) is 1. The first-order chi connectivity index (χ1) is 13.0. The standard InChI is InChI=1S/C23H18O4/c1-3-22-15-12-9-5-7-11-8-6-10-13(14(11)12)16(15)23(4-2,21(22)26)18-17(22)19(24)27-20(18)25/h5-10,17-18H,3-4H2,1-2H3. The highest BCUT2D eigenvalue weighted by molar-refractivity contribution is 6.33. The van der Waals surface area contributed by atoms with Crippen LogP contribution in [0, 0.1) is 22.7 Å². The van der Waals surface area contributed by atoms with Crippen LogP contribution in [0.5, 0.6) is 0 Å². The van der Waals surface area contributed by atoms with Crippen molar-refractivity contribution in [1.82, 2.24) is 0 Å². The second-order valence-corrected chi connectivity index (χ2v) is 8.13. The summed E-state index contributed by atoms with van der Waals surface area (Å²) in [7, 11) is 0. The molecule has 4 nitrogen and oxygen atoms in total. The zero-order chi connectivity index (χ0) is 18.7. The number of esters is 2. The molecule has 6 rings (SSSR count). The quantitative estimate of drug-likeness (QED) is 0.606. The van der Waals surface area contributed by atoms with Crippen molar-refractivity contribution in [3.05, 3.63) is 47.5 Å². The first-order valence-corrected chi connectivity index (χ1v) is 9.62. The van der Waals surface area contributed by atoms with Crippen molar-refractivity contribution in [3.63, 3.8) is 0 Å². The van der Waals surface area contributed by atoms with E-state index in [9.17, 15) is 14.4 Å². The van der Waals surface area contributed by atoms with Crippen LogP contribution in [0.2, 0.25) is 0 Å². The van der Waals surface area contributed by atoms with Gasteiger partial charge in [-0.1, -0.05) is 50.2 Å². The Kier molecular flexibility index (Phi) is 2.49. The number of carbonyl (C=O) groups is 3. The zero-order valence-corrected chi connectivity index (χ0v) is 15.2. The molecule has 0 spiro atoms. The van der Waals surface area contributed by atoms with E-state index in [1.165, 1.54) is 0 Å². The predicted molar refractivity (Wildman–Crippen MR) is 99.3 cm³/mol. The van der Waals surface area contributed by atoms with Gasteiger partial charge in [-0.2, -0.15) is 0 Å². The van der Waals surface area contributed by atoms with Gasteiger partial charge < -0.3 is 4.74 Å². The van der Waals surface area contributed by atoms with E-state index in [1.54, 1.807) is 0 Å². The van der Waals surface area contributed by atoms with Crippen molar-refractivity contribution in [2.75, 3.05) is 0 Å². The SMILES string of the molecule is CCC12C(=O)C(CC)(C3=C1c1cccc4cccc3c14)C1C(=O)OC(=O)C12. The maximum absolute atomic E-state index is 13.9. The number of hydrogen-bond acceptors (Lipinski definition) is 4. The van der Waals surface area contributed by atoms with Crippen LogP contribution in [0.1, 0.15) is 37.8 Å². The van der Waals surface area contributed by atoms with E-state index >= 15 is 0 Å². The molecule has 4 atom stereocenters. The van der Waals surface area contributed by atoms with Gasteiger partial charge in [-0.15, -0.1) is 0 Å². The van der Waals surface area contributed by atoms with Crippen LogP contribution in [-0.4, -0.2) is 17.7 Å². The van der Waals surface area contributed by atoms with E-state index in [2.05, 4.69) is 24.3 Å². The van der Waals surface area contributed by atoms with E-state index in [1.807, 2.05) is 26.0 Å². The number of ketones is 1. The summed E-state index contributed by atoms with van der Waals surface area (Å²) in [6.45, 7) is 3.91. The molecule has 2 fully saturated rings. The summed E-state index contributed by atoms with van der Waals surface area (Å²) in [6.07, 6.45) is 1.00. The maximum Gasteiger partial charge on any atom is 0.318 e. The molecule has 134 valence electrons. The normalized spacial score (nSPS) is 35.3. The minimum absolute atomic E-state index is 0.0523. The zero-order valence-electron chi connectivity index (χ0n) is 15.2. The molecule has 4 aliphatic rings. The van der Waals surface area contributed by atoms with Crippen LogP contribution in [-0.2, 0) is 19.1 Å². The van der Waals surface area contributed by atoms with Gasteiger partial charge in [0.05, 0.1) is 22.7 Å². The van der Waals surface area contributed by atoms with Gasteiger partial charge in [-0.05, 0) is 45.9 Å². The van der Waals surface area contributed by atoms with Gasteiger partial charge in [0.2, 0.25) is 0 Å². The Hall–Kier alpha value is -2.75. The number of rotatable bonds is 2. The van der Waals surface area contributed by atoms with E-state index in [0.717, 1.165) is 33.0 Å². The highest BCUT2D eigenvalue weighted by Crippen LogP contribution is 2.77. The number of fused-ring (bicyclic) bond motifs is 9. The molecule has 0 aromatic heterocycles. The number of carbonyl (C=O) groups excluding carboxylic acids is 3. The van der Waals surface area contributed by atoms with Crippen molar-refractivity contribution < 1.29 is 19.1 Å². The molecule has 1 heterocycles. The second-order valence-electron chi connectivity index (χ2n) is 8.13. The summed E-state index contributed by atoms with van der Waals surface area (Å²) in [5, 5.41) is 2.27. The van der Waals surface area contributed by atoms with Gasteiger partial charge in [0, 0.05) is 0 Å². The molecular weight excluding hydrogens is 340 g/mol. The molecule has 4 unspecified atom stereocenters. The lowest BCUT2D eigenvalue weighted by atomic mass is 9.62. The minimum atomic E-state index is -0.952. The third-order valence-electron chi connectivity index (χ3n) is 7.62. The van der Waals surface area contributed by atoms with Crippen LogP contribution in [0.3, 0.4) is 0 Å². The summed E-state index contributed by atoms with van der Waals surface area (Å²) in [4.78, 5) is 39.3. The molecule has 1 aliphatic heterocycles. The van der Waals surface area contributed by atoms with Crippen molar-refractivity contribution in [1.29, 1.82) is 0 Å². The van der Waals surface area contributed by atoms with E-state index < -0.39 is 34.6 Å². The van der Waals surface area contributed by atoms with E-state index in [-0.39, 0.29) is 5.78 Å². The van der Waals surface area contributed by atoms with Crippen molar-refractivity contribution >= 4 is 39.6 Å². The predicted octanol–water partition coefficient (Wildman–Crippen LogP) is 3.77. The van der Waals surface area contributed by atoms with Crippen LogP contribution in [0.15, 0.2) is 36.4 Å². The molecule has 4 heteroatoms. The van der Waals surface area contributed by atoms with Gasteiger partial charge in [-0.3, -0.25) is 14.4 Å². The van der Waals surface area contributed by atoms with Crippen molar-refractivity contribution in [3.8, 4) is 0 Å². The maximum atomic E-state index is 13.9. The number of cyclic esters (lactones) is 2. The summed E-state index contributed by atoms with van der Waals surface area (Å²) >= 11 is 0. The summed E-state index contributed by atoms with van der Waals surface area (Å²) in [5.74, 6) is -2.37. The van der Waals surface area contributed by atoms with Crippen LogP contribution < -0.4 is 0 Å². The van der Waals surface area contributed by atoms with Crippen molar-refractivity contribution in [2.24, 2.45) is 22.7 Å². The first-order valence-electron chi connectivity index (χ1n) is 9.62. The molecule has 27 heavy (non-hydrogen) atoms. The minimum Gasteiger partial charge on any atom is -0.393 e. The third-order valence-corrected chi connectivity index (χ3v) is 7.62. The Bertz CT molecular complexity index is 1070. The lowest BCUT2D eigenvalue weighted by Crippen LogP contribution is -2.36. The monoisotopic (exact) mass is 358 g/mol. The summed E-state index contributed by atoms with van der Waals surface area (Å²) < 4.78 is 5.08. The Morgan fingerprint density at radius 3 is 1.74 bits per heavy atom. The smallest absolute Gasteiger partial charge is 0.318 e. The Labute approximate surface area is 156 Å². The van der Waals surface area contributed by atoms with Gasteiger partial charge in [0.1, 0.15) is 0 Å². The number of benzene rings is 2. The van der Waals surface area contributed by atoms with Gasteiger partial charge in [0.15, 0.2) is 5.78 Å². The fourth-order valence-corrected chi connectivity index (χ4v) is 6.76. The van der Waals surface area contributed by atoms with Crippen molar-refractivity contribution in [2.45, 2.75) is 26.7 Å². The Morgan fingerprint density at radius 1 is 0.815 bits per heavy atom. The molecule has 2 aromatic rings. The van der Waals surface area contributed by atoms with Gasteiger partial charge in [-0.25, -0.2) is 0 Å². The van der Waals surface area contributed by atoms with E-state index in [4.69, 9.17) is 4.74 Å². The Morgan fingerprint density at radius 2 is 1.30 bits per heavy atom. The van der Waals surface area contributed by atoms with Crippen LogP contribution in [0.25, 0.3) is 21.9 Å². The largest absolute Gasteiger partial charge is 0.393 e. The topological polar surface area (TPSA) is 60.4 Å². The van der Waals surface area contributed by atoms with Crippen LogP contribution in [0.4, 0.5) is 0 Å². The molecule has 2 bridgehead atoms. The number of allylic oxidation sites excluding steroid dienone is 2. The number of ether oxygens (including phenoxy) is 1. The highest BCUT2D eigenvalue weighted by atomic mass is 16.6. The molecular formula is C23H18O4. The van der Waals surface area contributed by atoms with Gasteiger partial charge in [0.25, 0.3) is 0 Å². The van der Waals surface area contributed by atoms with Gasteiger partial charge >= 0.3 is 11.9 Å². The molecule has 0 radical (unpaired) electrons. The molecule has 0 N–H and O–H groups in total. The van der Waals surface area contributed by atoms with E-state index in [0.29, 0.717) is 12.8 Å². The lowest BCUT2D eigenvalue weighted by molar-refractivity contribution is -0.157. The average Bonchev–Trinajstić information content (AvgIpc) is 3.31.